The molecule has 1 atom stereocenters. The van der Waals surface area contributed by atoms with Crippen LogP contribution in [0.25, 0.3) is 0 Å². The fourth-order valence-corrected chi connectivity index (χ4v) is 4.15. The summed E-state index contributed by atoms with van der Waals surface area (Å²) in [6, 6.07) is -0.0269. The lowest BCUT2D eigenvalue weighted by Crippen LogP contribution is -2.52. The number of carbonyl (C=O) groups is 2. The molecule has 2 fully saturated rings. The van der Waals surface area contributed by atoms with Crippen LogP contribution < -0.4 is 10.6 Å². The van der Waals surface area contributed by atoms with Crippen LogP contribution in [0, 0.1) is 5.92 Å². The van der Waals surface area contributed by atoms with Crippen molar-refractivity contribution in [3.63, 3.8) is 0 Å². The van der Waals surface area contributed by atoms with Crippen molar-refractivity contribution in [1.82, 2.24) is 10.6 Å². The number of carbonyl (C=O) groups excluding carboxylic acids is 2. The molecular weight excluding hydrogens is 260 g/mol. The van der Waals surface area contributed by atoms with E-state index in [9.17, 15) is 9.59 Å². The molecule has 4 nitrogen and oxygen atoms in total. The lowest BCUT2D eigenvalue weighted by molar-refractivity contribution is -0.130. The first-order valence-corrected chi connectivity index (χ1v) is 8.47. The van der Waals surface area contributed by atoms with Crippen molar-refractivity contribution in [1.29, 1.82) is 0 Å². The molecule has 1 heterocycles. The van der Waals surface area contributed by atoms with E-state index >= 15 is 0 Å². The van der Waals surface area contributed by atoms with Crippen LogP contribution in [0.5, 0.6) is 0 Å². The highest BCUT2D eigenvalue weighted by molar-refractivity contribution is 7.99. The summed E-state index contributed by atoms with van der Waals surface area (Å²) in [5, 5.41) is 5.99. The third-order valence-corrected chi connectivity index (χ3v) is 5.13. The smallest absolute Gasteiger partial charge is 0.243 e. The summed E-state index contributed by atoms with van der Waals surface area (Å²) in [5.41, 5.74) is 0. The minimum atomic E-state index is -0.324. The lowest BCUT2D eigenvalue weighted by Gasteiger charge is -2.28. The Morgan fingerprint density at radius 1 is 1.11 bits per heavy atom. The third kappa shape index (κ3) is 4.41. The van der Waals surface area contributed by atoms with Gasteiger partial charge in [-0.25, -0.2) is 0 Å². The molecule has 0 radical (unpaired) electrons. The predicted octanol–water partition coefficient (Wildman–Crippen LogP) is 1.69. The maximum atomic E-state index is 12.4. The Morgan fingerprint density at radius 2 is 1.74 bits per heavy atom. The lowest BCUT2D eigenvalue weighted by atomic mass is 9.96. The monoisotopic (exact) mass is 284 g/mol. The van der Waals surface area contributed by atoms with E-state index in [1.807, 2.05) is 11.8 Å². The van der Waals surface area contributed by atoms with E-state index < -0.39 is 0 Å². The molecule has 0 aromatic rings. The summed E-state index contributed by atoms with van der Waals surface area (Å²) in [5.74, 6) is 2.49. The molecule has 5 heteroatoms. The molecule has 0 spiro atoms. The van der Waals surface area contributed by atoms with Gasteiger partial charge in [0.1, 0.15) is 6.04 Å². The summed E-state index contributed by atoms with van der Waals surface area (Å²) >= 11 is 1.95. The Balaban J connectivity index is 1.91. The van der Waals surface area contributed by atoms with Crippen LogP contribution in [0.2, 0.25) is 0 Å². The van der Waals surface area contributed by atoms with Crippen LogP contribution in [0.15, 0.2) is 0 Å². The standard InChI is InChI=1S/C14H24N2O2S/c1-10(17)15-13(11-4-2-3-5-11)14(18)16-12-6-8-19-9-7-12/h11-13H,2-9H2,1H3,(H,15,17)(H,16,18). The summed E-state index contributed by atoms with van der Waals surface area (Å²) in [4.78, 5) is 23.7. The average Bonchev–Trinajstić information content (AvgIpc) is 2.90. The number of nitrogens with one attached hydrogen (secondary N) is 2. The zero-order chi connectivity index (χ0) is 13.7. The minimum absolute atomic E-state index is 0.0269. The van der Waals surface area contributed by atoms with Crippen molar-refractivity contribution in [3.05, 3.63) is 0 Å². The Hall–Kier alpha value is -0.710. The molecular formula is C14H24N2O2S. The first-order chi connectivity index (χ1) is 9.16. The topological polar surface area (TPSA) is 58.2 Å². The van der Waals surface area contributed by atoms with E-state index in [1.165, 1.54) is 19.8 Å². The molecule has 2 N–H and O–H groups in total. The molecule has 1 aliphatic carbocycles. The Morgan fingerprint density at radius 3 is 2.32 bits per heavy atom. The van der Waals surface area contributed by atoms with Gasteiger partial charge in [-0.05, 0) is 43.1 Å². The molecule has 2 amide bonds. The average molecular weight is 284 g/mol. The third-order valence-electron chi connectivity index (χ3n) is 4.08. The first-order valence-electron chi connectivity index (χ1n) is 7.32. The fourth-order valence-electron chi connectivity index (χ4n) is 3.04. The van der Waals surface area contributed by atoms with Gasteiger partial charge in [-0.2, -0.15) is 11.8 Å². The molecule has 2 aliphatic rings. The molecule has 108 valence electrons. The predicted molar refractivity (Wildman–Crippen MR) is 78.1 cm³/mol. The highest BCUT2D eigenvalue weighted by Gasteiger charge is 2.32. The van der Waals surface area contributed by atoms with Crippen LogP contribution in [-0.2, 0) is 9.59 Å². The van der Waals surface area contributed by atoms with E-state index in [2.05, 4.69) is 10.6 Å². The minimum Gasteiger partial charge on any atom is -0.352 e. The van der Waals surface area contributed by atoms with E-state index in [0.717, 1.165) is 37.2 Å². The molecule has 1 saturated heterocycles. The van der Waals surface area contributed by atoms with Crippen LogP contribution in [0.1, 0.15) is 45.4 Å². The summed E-state index contributed by atoms with van der Waals surface area (Å²) in [6.07, 6.45) is 6.56. The van der Waals surface area contributed by atoms with Crippen LogP contribution in [-0.4, -0.2) is 35.4 Å². The van der Waals surface area contributed by atoms with Gasteiger partial charge in [0.2, 0.25) is 11.8 Å². The van der Waals surface area contributed by atoms with Gasteiger partial charge in [0.05, 0.1) is 0 Å². The van der Waals surface area contributed by atoms with Crippen molar-refractivity contribution in [2.24, 2.45) is 5.92 Å². The number of amides is 2. The summed E-state index contributed by atoms with van der Waals surface area (Å²) in [6.45, 7) is 1.49. The molecule has 1 aliphatic heterocycles. The maximum absolute atomic E-state index is 12.4. The molecule has 19 heavy (non-hydrogen) atoms. The van der Waals surface area contributed by atoms with Gasteiger partial charge < -0.3 is 10.6 Å². The maximum Gasteiger partial charge on any atom is 0.243 e. The van der Waals surface area contributed by atoms with E-state index in [0.29, 0.717) is 12.0 Å². The first kappa shape index (κ1) is 14.7. The van der Waals surface area contributed by atoms with Crippen molar-refractivity contribution in [3.8, 4) is 0 Å². The molecule has 0 aromatic carbocycles. The highest BCUT2D eigenvalue weighted by Crippen LogP contribution is 2.28. The van der Waals surface area contributed by atoms with Crippen LogP contribution in [0.4, 0.5) is 0 Å². The van der Waals surface area contributed by atoms with E-state index in [4.69, 9.17) is 0 Å². The Labute approximate surface area is 119 Å². The van der Waals surface area contributed by atoms with Gasteiger partial charge in [0.15, 0.2) is 0 Å². The molecule has 2 rings (SSSR count). The van der Waals surface area contributed by atoms with E-state index in [1.54, 1.807) is 0 Å². The van der Waals surface area contributed by atoms with Gasteiger partial charge >= 0.3 is 0 Å². The zero-order valence-electron chi connectivity index (χ0n) is 11.6. The second kappa shape index (κ2) is 7.17. The Bertz CT molecular complexity index is 323. The molecule has 1 unspecified atom stereocenters. The SMILES string of the molecule is CC(=O)NC(C(=O)NC1CCSCC1)C1CCCC1. The molecule has 0 bridgehead atoms. The molecule has 1 saturated carbocycles. The van der Waals surface area contributed by atoms with Crippen LogP contribution in [0.3, 0.4) is 0 Å². The summed E-state index contributed by atoms with van der Waals surface area (Å²) < 4.78 is 0. The van der Waals surface area contributed by atoms with Crippen molar-refractivity contribution in [2.75, 3.05) is 11.5 Å². The number of rotatable bonds is 4. The number of hydrogen-bond donors (Lipinski definition) is 2. The van der Waals surface area contributed by atoms with E-state index in [-0.39, 0.29) is 17.9 Å². The zero-order valence-corrected chi connectivity index (χ0v) is 12.4. The highest BCUT2D eigenvalue weighted by atomic mass is 32.2. The van der Waals surface area contributed by atoms with Crippen molar-refractivity contribution >= 4 is 23.6 Å². The van der Waals surface area contributed by atoms with Crippen molar-refractivity contribution < 1.29 is 9.59 Å². The molecule has 0 aromatic heterocycles. The second-order valence-electron chi connectivity index (χ2n) is 5.62. The van der Waals surface area contributed by atoms with Crippen molar-refractivity contribution in [2.45, 2.75) is 57.5 Å². The largest absolute Gasteiger partial charge is 0.352 e. The van der Waals surface area contributed by atoms with Crippen LogP contribution >= 0.6 is 11.8 Å². The quantitative estimate of drug-likeness (QED) is 0.826. The summed E-state index contributed by atoms with van der Waals surface area (Å²) in [7, 11) is 0. The van der Waals surface area contributed by atoms with Gasteiger partial charge in [-0.15, -0.1) is 0 Å². The fraction of sp³-hybridized carbons (Fsp3) is 0.857. The van der Waals surface area contributed by atoms with Gasteiger partial charge in [-0.1, -0.05) is 12.8 Å². The van der Waals surface area contributed by atoms with Gasteiger partial charge in [0.25, 0.3) is 0 Å². The Kier molecular flexibility index (Phi) is 5.55. The van der Waals surface area contributed by atoms with Gasteiger partial charge in [-0.3, -0.25) is 9.59 Å². The normalized spacial score (nSPS) is 23.0. The number of thioether (sulfide) groups is 1. The second-order valence-corrected chi connectivity index (χ2v) is 6.84. The van der Waals surface area contributed by atoms with Gasteiger partial charge in [0, 0.05) is 13.0 Å². The number of hydrogen-bond acceptors (Lipinski definition) is 3.